The van der Waals surface area contributed by atoms with Crippen LogP contribution in [0.3, 0.4) is 0 Å². The number of carbonyl (C=O) groups is 1. The normalized spacial score (nSPS) is 11.0. The van der Waals surface area contributed by atoms with Gasteiger partial charge in [0.2, 0.25) is 0 Å². The van der Waals surface area contributed by atoms with Crippen molar-refractivity contribution in [1.82, 2.24) is 5.32 Å². The molecular formula is C15H18ClNO3S. The van der Waals surface area contributed by atoms with Gasteiger partial charge in [-0.05, 0) is 12.5 Å². The summed E-state index contributed by atoms with van der Waals surface area (Å²) in [4.78, 5) is 12.7. The Hall–Kier alpha value is -1.14. The standard InChI is InChI=1S/C15H18ClNO3S/c1-19-9-10-20-8-4-7-17-15(18)14-13(16)11-5-2-3-6-12(11)21-14/h2-3,5-6H,4,7-10H2,1H3,(H,17,18). The Balaban J connectivity index is 1.81. The maximum atomic E-state index is 12.1. The number of benzene rings is 1. The fourth-order valence-electron chi connectivity index (χ4n) is 1.86. The number of amides is 1. The quantitative estimate of drug-likeness (QED) is 0.756. The number of methoxy groups -OCH3 is 1. The molecule has 2 aromatic rings. The molecule has 1 amide bonds. The predicted octanol–water partition coefficient (Wildman–Crippen LogP) is 3.34. The van der Waals surface area contributed by atoms with E-state index in [9.17, 15) is 4.79 Å². The fourth-order valence-corrected chi connectivity index (χ4v) is 3.29. The number of hydrogen-bond donors (Lipinski definition) is 1. The minimum Gasteiger partial charge on any atom is -0.382 e. The molecule has 1 N–H and O–H groups in total. The number of nitrogens with one attached hydrogen (secondary N) is 1. The van der Waals surface area contributed by atoms with E-state index in [1.165, 1.54) is 11.3 Å². The van der Waals surface area contributed by atoms with E-state index < -0.39 is 0 Å². The van der Waals surface area contributed by atoms with Crippen LogP contribution < -0.4 is 5.32 Å². The molecule has 2 rings (SSSR count). The molecule has 0 fully saturated rings. The number of rotatable bonds is 8. The second-order valence-corrected chi connectivity index (χ2v) is 5.89. The number of fused-ring (bicyclic) bond motifs is 1. The maximum absolute atomic E-state index is 12.1. The topological polar surface area (TPSA) is 47.6 Å². The van der Waals surface area contributed by atoms with Crippen LogP contribution in [0.5, 0.6) is 0 Å². The minimum absolute atomic E-state index is 0.127. The van der Waals surface area contributed by atoms with E-state index in [1.54, 1.807) is 7.11 Å². The minimum atomic E-state index is -0.127. The monoisotopic (exact) mass is 327 g/mol. The van der Waals surface area contributed by atoms with Gasteiger partial charge in [0.15, 0.2) is 0 Å². The summed E-state index contributed by atoms with van der Waals surface area (Å²) >= 11 is 7.68. The van der Waals surface area contributed by atoms with Crippen molar-refractivity contribution in [3.63, 3.8) is 0 Å². The van der Waals surface area contributed by atoms with Gasteiger partial charge in [0.05, 0.1) is 18.2 Å². The summed E-state index contributed by atoms with van der Waals surface area (Å²) < 4.78 is 11.2. The lowest BCUT2D eigenvalue weighted by molar-refractivity contribution is 0.0688. The van der Waals surface area contributed by atoms with E-state index in [0.717, 1.165) is 16.5 Å². The third kappa shape index (κ3) is 4.41. The average Bonchev–Trinajstić information content (AvgIpc) is 2.84. The highest BCUT2D eigenvalue weighted by Gasteiger charge is 2.16. The molecule has 0 aliphatic heterocycles. The molecule has 0 saturated carbocycles. The van der Waals surface area contributed by atoms with Crippen molar-refractivity contribution >= 4 is 38.9 Å². The first-order chi connectivity index (χ1) is 10.2. The number of hydrogen-bond acceptors (Lipinski definition) is 4. The summed E-state index contributed by atoms with van der Waals surface area (Å²) in [6.07, 6.45) is 0.762. The molecular weight excluding hydrogens is 310 g/mol. The molecule has 1 heterocycles. The van der Waals surface area contributed by atoms with Crippen LogP contribution in [0, 0.1) is 0 Å². The van der Waals surface area contributed by atoms with Crippen LogP contribution in [0.4, 0.5) is 0 Å². The average molecular weight is 328 g/mol. The zero-order valence-corrected chi connectivity index (χ0v) is 13.4. The van der Waals surface area contributed by atoms with Crippen molar-refractivity contribution in [3.05, 3.63) is 34.2 Å². The number of carbonyl (C=O) groups excluding carboxylic acids is 1. The molecule has 0 bridgehead atoms. The highest BCUT2D eigenvalue weighted by Crippen LogP contribution is 2.34. The third-order valence-electron chi connectivity index (χ3n) is 2.92. The molecule has 1 aromatic heterocycles. The first-order valence-corrected chi connectivity index (χ1v) is 7.95. The van der Waals surface area contributed by atoms with E-state index in [-0.39, 0.29) is 5.91 Å². The van der Waals surface area contributed by atoms with E-state index >= 15 is 0 Å². The number of thiophene rings is 1. The van der Waals surface area contributed by atoms with Crippen LogP contribution in [0.1, 0.15) is 16.1 Å². The molecule has 0 spiro atoms. The lowest BCUT2D eigenvalue weighted by atomic mass is 10.2. The fraction of sp³-hybridized carbons (Fsp3) is 0.400. The van der Waals surface area contributed by atoms with Gasteiger partial charge in [0, 0.05) is 30.3 Å². The smallest absolute Gasteiger partial charge is 0.262 e. The van der Waals surface area contributed by atoms with Gasteiger partial charge in [0.1, 0.15) is 4.88 Å². The Labute approximate surface area is 133 Å². The van der Waals surface area contributed by atoms with Gasteiger partial charge in [-0.15, -0.1) is 11.3 Å². The number of ether oxygens (including phenoxy) is 2. The Morgan fingerprint density at radius 3 is 2.86 bits per heavy atom. The highest BCUT2D eigenvalue weighted by molar-refractivity contribution is 7.21. The summed E-state index contributed by atoms with van der Waals surface area (Å²) in [7, 11) is 1.64. The van der Waals surface area contributed by atoms with E-state index in [4.69, 9.17) is 21.1 Å². The van der Waals surface area contributed by atoms with Crippen molar-refractivity contribution in [1.29, 1.82) is 0 Å². The second kappa shape index (κ2) is 8.34. The molecule has 4 nitrogen and oxygen atoms in total. The first-order valence-electron chi connectivity index (χ1n) is 6.76. The summed E-state index contributed by atoms with van der Waals surface area (Å²) in [5.41, 5.74) is 0. The highest BCUT2D eigenvalue weighted by atomic mass is 35.5. The SMILES string of the molecule is COCCOCCCNC(=O)c1sc2ccccc2c1Cl. The Morgan fingerprint density at radius 1 is 1.29 bits per heavy atom. The first kappa shape index (κ1) is 16.2. The van der Waals surface area contributed by atoms with Crippen molar-refractivity contribution in [2.24, 2.45) is 0 Å². The van der Waals surface area contributed by atoms with E-state index in [2.05, 4.69) is 5.32 Å². The Kier molecular flexibility index (Phi) is 6.45. The lowest BCUT2D eigenvalue weighted by Crippen LogP contribution is -2.24. The van der Waals surface area contributed by atoms with Gasteiger partial charge < -0.3 is 14.8 Å². The molecule has 6 heteroatoms. The predicted molar refractivity (Wildman–Crippen MR) is 86.5 cm³/mol. The summed E-state index contributed by atoms with van der Waals surface area (Å²) in [5, 5.41) is 4.33. The van der Waals surface area contributed by atoms with Crippen LogP contribution in [0.2, 0.25) is 5.02 Å². The van der Waals surface area contributed by atoms with Crippen molar-refractivity contribution < 1.29 is 14.3 Å². The summed E-state index contributed by atoms with van der Waals surface area (Å²) in [6, 6.07) is 7.75. The van der Waals surface area contributed by atoms with Crippen LogP contribution in [0.25, 0.3) is 10.1 Å². The zero-order valence-electron chi connectivity index (χ0n) is 11.9. The van der Waals surface area contributed by atoms with Gasteiger partial charge >= 0.3 is 0 Å². The largest absolute Gasteiger partial charge is 0.382 e. The third-order valence-corrected chi connectivity index (χ3v) is 4.60. The van der Waals surface area contributed by atoms with E-state index in [0.29, 0.717) is 36.3 Å². The summed E-state index contributed by atoms with van der Waals surface area (Å²) in [5.74, 6) is -0.127. The van der Waals surface area contributed by atoms with Crippen LogP contribution in [-0.4, -0.2) is 39.4 Å². The van der Waals surface area contributed by atoms with Crippen LogP contribution in [0.15, 0.2) is 24.3 Å². The van der Waals surface area contributed by atoms with Crippen LogP contribution in [-0.2, 0) is 9.47 Å². The molecule has 0 atom stereocenters. The molecule has 114 valence electrons. The van der Waals surface area contributed by atoms with Crippen molar-refractivity contribution in [3.8, 4) is 0 Å². The Bertz CT molecular complexity index is 600. The molecule has 0 unspecified atom stereocenters. The van der Waals surface area contributed by atoms with Gasteiger partial charge in [-0.2, -0.15) is 0 Å². The maximum Gasteiger partial charge on any atom is 0.262 e. The second-order valence-electron chi connectivity index (χ2n) is 4.46. The lowest BCUT2D eigenvalue weighted by Gasteiger charge is -2.05. The van der Waals surface area contributed by atoms with Crippen LogP contribution >= 0.6 is 22.9 Å². The van der Waals surface area contributed by atoms with Gasteiger partial charge in [0.25, 0.3) is 5.91 Å². The Morgan fingerprint density at radius 2 is 2.10 bits per heavy atom. The van der Waals surface area contributed by atoms with Crippen molar-refractivity contribution in [2.45, 2.75) is 6.42 Å². The van der Waals surface area contributed by atoms with Crippen molar-refractivity contribution in [2.75, 3.05) is 33.5 Å². The molecule has 21 heavy (non-hydrogen) atoms. The van der Waals surface area contributed by atoms with Gasteiger partial charge in [-0.1, -0.05) is 29.8 Å². The molecule has 0 radical (unpaired) electrons. The molecule has 0 aliphatic carbocycles. The summed E-state index contributed by atoms with van der Waals surface area (Å²) in [6.45, 7) is 2.33. The molecule has 0 saturated heterocycles. The molecule has 0 aliphatic rings. The van der Waals surface area contributed by atoms with E-state index in [1.807, 2.05) is 24.3 Å². The molecule has 1 aromatic carbocycles. The van der Waals surface area contributed by atoms with Gasteiger partial charge in [-0.25, -0.2) is 0 Å². The van der Waals surface area contributed by atoms with Gasteiger partial charge in [-0.3, -0.25) is 4.79 Å². The number of halogens is 1. The zero-order chi connectivity index (χ0) is 15.1.